The summed E-state index contributed by atoms with van der Waals surface area (Å²) in [5.41, 5.74) is 0.745. The number of aromatic nitrogens is 2. The zero-order valence-corrected chi connectivity index (χ0v) is 12.4. The SMILES string of the molecule is CC(C)c1nc([C@@H]2CCCN2C(=O)c2ccsc2)no1. The van der Waals surface area contributed by atoms with E-state index in [-0.39, 0.29) is 17.9 Å². The fourth-order valence-corrected chi connectivity index (χ4v) is 3.08. The summed E-state index contributed by atoms with van der Waals surface area (Å²) in [6.45, 7) is 4.78. The van der Waals surface area contributed by atoms with Crippen molar-refractivity contribution in [1.82, 2.24) is 15.0 Å². The second kappa shape index (κ2) is 5.36. The van der Waals surface area contributed by atoms with Crippen molar-refractivity contribution in [3.05, 3.63) is 34.1 Å². The van der Waals surface area contributed by atoms with Crippen LogP contribution < -0.4 is 0 Å². The lowest BCUT2D eigenvalue weighted by Gasteiger charge is -2.21. The standard InChI is InChI=1S/C14H17N3O2S/c1-9(2)13-15-12(16-19-13)11-4-3-6-17(11)14(18)10-5-7-20-8-10/h5,7-9,11H,3-4,6H2,1-2H3/t11-/m0/s1. The lowest BCUT2D eigenvalue weighted by atomic mass is 10.2. The molecule has 3 heterocycles. The maximum atomic E-state index is 12.5. The summed E-state index contributed by atoms with van der Waals surface area (Å²) in [4.78, 5) is 18.8. The summed E-state index contributed by atoms with van der Waals surface area (Å²) in [5, 5.41) is 7.86. The molecule has 0 aliphatic carbocycles. The number of carbonyl (C=O) groups is 1. The van der Waals surface area contributed by atoms with Gasteiger partial charge in [-0.2, -0.15) is 16.3 Å². The highest BCUT2D eigenvalue weighted by molar-refractivity contribution is 7.08. The predicted octanol–water partition coefficient (Wildman–Crippen LogP) is 3.23. The topological polar surface area (TPSA) is 59.2 Å². The maximum absolute atomic E-state index is 12.5. The number of hydrogen-bond donors (Lipinski definition) is 0. The third-order valence-corrected chi connectivity index (χ3v) is 4.21. The van der Waals surface area contributed by atoms with Crippen molar-refractivity contribution in [2.24, 2.45) is 0 Å². The van der Waals surface area contributed by atoms with E-state index in [0.717, 1.165) is 24.9 Å². The van der Waals surface area contributed by atoms with Crippen LogP contribution in [0.1, 0.15) is 60.7 Å². The van der Waals surface area contributed by atoms with Crippen LogP contribution in [0.4, 0.5) is 0 Å². The molecule has 2 aromatic rings. The van der Waals surface area contributed by atoms with Crippen molar-refractivity contribution >= 4 is 17.2 Å². The van der Waals surface area contributed by atoms with E-state index in [9.17, 15) is 4.79 Å². The lowest BCUT2D eigenvalue weighted by molar-refractivity contribution is 0.0729. The Hall–Kier alpha value is -1.69. The molecule has 1 saturated heterocycles. The zero-order chi connectivity index (χ0) is 14.1. The normalized spacial score (nSPS) is 18.9. The van der Waals surface area contributed by atoms with Gasteiger partial charge in [0.2, 0.25) is 5.89 Å². The second-order valence-electron chi connectivity index (χ2n) is 5.31. The second-order valence-corrected chi connectivity index (χ2v) is 6.09. The summed E-state index contributed by atoms with van der Waals surface area (Å²) in [7, 11) is 0. The molecule has 106 valence electrons. The highest BCUT2D eigenvalue weighted by Crippen LogP contribution is 2.32. The number of nitrogens with zero attached hydrogens (tertiary/aromatic N) is 3. The summed E-state index contributed by atoms with van der Waals surface area (Å²) >= 11 is 1.53. The van der Waals surface area contributed by atoms with Gasteiger partial charge in [-0.3, -0.25) is 4.79 Å². The zero-order valence-electron chi connectivity index (χ0n) is 11.6. The third kappa shape index (κ3) is 2.35. The molecule has 0 saturated carbocycles. The number of hydrogen-bond acceptors (Lipinski definition) is 5. The molecule has 6 heteroatoms. The van der Waals surface area contributed by atoms with E-state index in [2.05, 4.69) is 10.1 Å². The van der Waals surface area contributed by atoms with Crippen LogP contribution in [0.15, 0.2) is 21.3 Å². The van der Waals surface area contributed by atoms with Crippen LogP contribution in [-0.2, 0) is 0 Å². The Kier molecular flexibility index (Phi) is 3.56. The van der Waals surface area contributed by atoms with Gasteiger partial charge in [0, 0.05) is 17.8 Å². The van der Waals surface area contributed by atoms with Gasteiger partial charge in [-0.25, -0.2) is 0 Å². The number of amides is 1. The van der Waals surface area contributed by atoms with Crippen LogP contribution >= 0.6 is 11.3 Å². The van der Waals surface area contributed by atoms with Crippen molar-refractivity contribution in [2.75, 3.05) is 6.54 Å². The average Bonchev–Trinajstić information content (AvgIpc) is 3.17. The fourth-order valence-electron chi connectivity index (χ4n) is 2.45. The Morgan fingerprint density at radius 1 is 1.55 bits per heavy atom. The van der Waals surface area contributed by atoms with Gasteiger partial charge in [0.1, 0.15) is 0 Å². The lowest BCUT2D eigenvalue weighted by Crippen LogP contribution is -2.30. The highest BCUT2D eigenvalue weighted by Gasteiger charge is 2.34. The molecule has 0 bridgehead atoms. The predicted molar refractivity (Wildman–Crippen MR) is 75.7 cm³/mol. The van der Waals surface area contributed by atoms with Gasteiger partial charge in [0.15, 0.2) is 5.82 Å². The first-order chi connectivity index (χ1) is 9.66. The van der Waals surface area contributed by atoms with Crippen LogP contribution in [-0.4, -0.2) is 27.5 Å². The first kappa shape index (κ1) is 13.3. The van der Waals surface area contributed by atoms with E-state index < -0.39 is 0 Å². The van der Waals surface area contributed by atoms with Crippen LogP contribution in [0.5, 0.6) is 0 Å². The summed E-state index contributed by atoms with van der Waals surface area (Å²) in [5.74, 6) is 1.54. The van der Waals surface area contributed by atoms with Gasteiger partial charge in [-0.1, -0.05) is 19.0 Å². The first-order valence-corrected chi connectivity index (χ1v) is 7.77. The summed E-state index contributed by atoms with van der Waals surface area (Å²) in [6, 6.07) is 1.80. The van der Waals surface area contributed by atoms with Crippen LogP contribution in [0.2, 0.25) is 0 Å². The van der Waals surface area contributed by atoms with Crippen molar-refractivity contribution < 1.29 is 9.32 Å². The van der Waals surface area contributed by atoms with E-state index in [0.29, 0.717) is 11.7 Å². The van der Waals surface area contributed by atoms with Crippen molar-refractivity contribution in [3.63, 3.8) is 0 Å². The number of likely N-dealkylation sites (tertiary alicyclic amines) is 1. The molecule has 0 unspecified atom stereocenters. The van der Waals surface area contributed by atoms with E-state index in [1.165, 1.54) is 11.3 Å². The molecule has 2 aromatic heterocycles. The fraction of sp³-hybridized carbons (Fsp3) is 0.500. The van der Waals surface area contributed by atoms with Crippen molar-refractivity contribution in [2.45, 2.75) is 38.6 Å². The molecule has 1 aliphatic rings. The Balaban J connectivity index is 1.83. The molecule has 0 N–H and O–H groups in total. The molecule has 20 heavy (non-hydrogen) atoms. The van der Waals surface area contributed by atoms with Crippen LogP contribution in [0.25, 0.3) is 0 Å². The molecule has 1 amide bonds. The minimum atomic E-state index is -0.0568. The highest BCUT2D eigenvalue weighted by atomic mass is 32.1. The van der Waals surface area contributed by atoms with Gasteiger partial charge in [-0.05, 0) is 24.3 Å². The molecule has 0 radical (unpaired) electrons. The minimum absolute atomic E-state index is 0.0568. The molecular formula is C14H17N3O2S. The molecule has 3 rings (SSSR count). The van der Waals surface area contributed by atoms with E-state index in [1.54, 1.807) is 0 Å². The van der Waals surface area contributed by atoms with E-state index in [4.69, 9.17) is 4.52 Å². The molecule has 0 aromatic carbocycles. The monoisotopic (exact) mass is 291 g/mol. The molecule has 0 spiro atoms. The third-order valence-electron chi connectivity index (χ3n) is 3.53. The summed E-state index contributed by atoms with van der Waals surface area (Å²) < 4.78 is 5.26. The van der Waals surface area contributed by atoms with Gasteiger partial charge < -0.3 is 9.42 Å². The number of carbonyl (C=O) groups excluding carboxylic acids is 1. The van der Waals surface area contributed by atoms with Crippen molar-refractivity contribution in [1.29, 1.82) is 0 Å². The van der Waals surface area contributed by atoms with Gasteiger partial charge in [0.05, 0.1) is 11.6 Å². The van der Waals surface area contributed by atoms with E-state index in [1.807, 2.05) is 35.6 Å². The van der Waals surface area contributed by atoms with E-state index >= 15 is 0 Å². The van der Waals surface area contributed by atoms with Gasteiger partial charge in [-0.15, -0.1) is 0 Å². The Morgan fingerprint density at radius 3 is 3.05 bits per heavy atom. The quantitative estimate of drug-likeness (QED) is 0.871. The largest absolute Gasteiger partial charge is 0.339 e. The average molecular weight is 291 g/mol. The smallest absolute Gasteiger partial charge is 0.255 e. The van der Waals surface area contributed by atoms with Crippen molar-refractivity contribution in [3.8, 4) is 0 Å². The van der Waals surface area contributed by atoms with Crippen LogP contribution in [0, 0.1) is 0 Å². The first-order valence-electron chi connectivity index (χ1n) is 6.83. The number of thiophene rings is 1. The Morgan fingerprint density at radius 2 is 2.40 bits per heavy atom. The summed E-state index contributed by atoms with van der Waals surface area (Å²) in [6.07, 6.45) is 1.87. The van der Waals surface area contributed by atoms with Crippen LogP contribution in [0.3, 0.4) is 0 Å². The Labute approximate surface area is 121 Å². The molecule has 1 fully saturated rings. The maximum Gasteiger partial charge on any atom is 0.255 e. The van der Waals surface area contributed by atoms with Gasteiger partial charge >= 0.3 is 0 Å². The number of rotatable bonds is 3. The molecule has 1 atom stereocenters. The molecule has 5 nitrogen and oxygen atoms in total. The Bertz CT molecular complexity index is 591. The van der Waals surface area contributed by atoms with Gasteiger partial charge in [0.25, 0.3) is 5.91 Å². The minimum Gasteiger partial charge on any atom is -0.339 e. The molecular weight excluding hydrogens is 274 g/mol. The molecule has 1 aliphatic heterocycles.